The molecule has 0 bridgehead atoms. The number of pyridine rings is 1. The summed E-state index contributed by atoms with van der Waals surface area (Å²) >= 11 is 0. The fourth-order valence-electron chi connectivity index (χ4n) is 0.685. The van der Waals surface area contributed by atoms with Crippen LogP contribution in [-0.4, -0.2) is 23.4 Å². The van der Waals surface area contributed by atoms with Gasteiger partial charge < -0.3 is 4.74 Å². The van der Waals surface area contributed by atoms with Crippen molar-refractivity contribution >= 4 is 11.8 Å². The molecule has 0 saturated heterocycles. The molecule has 1 N–H and O–H groups in total. The van der Waals surface area contributed by atoms with Gasteiger partial charge in [0.1, 0.15) is 0 Å². The highest BCUT2D eigenvalue weighted by atomic mass is 19.1. The Hall–Kier alpha value is -1.69. The number of aromatic nitrogens is 1. The molecule has 70 valence electrons. The summed E-state index contributed by atoms with van der Waals surface area (Å²) < 4.78 is 16.5. The van der Waals surface area contributed by atoms with Crippen molar-refractivity contribution in [2.24, 2.45) is 0 Å². The van der Waals surface area contributed by atoms with Gasteiger partial charge in [0.25, 0.3) is 0 Å². The largest absolute Gasteiger partial charge is 0.451 e. The van der Waals surface area contributed by atoms with Crippen molar-refractivity contribution in [3.05, 3.63) is 24.3 Å². The van der Waals surface area contributed by atoms with Crippen molar-refractivity contribution in [3.8, 4) is 0 Å². The van der Waals surface area contributed by atoms with Crippen LogP contribution in [0.5, 0.6) is 0 Å². The molecule has 1 amide bonds. The van der Waals surface area contributed by atoms with E-state index in [-0.39, 0.29) is 10.8 Å². The third-order valence-electron chi connectivity index (χ3n) is 1.30. The number of carbonyl (C=O) groups excluding carboxylic acids is 1. The monoisotopic (exact) mass is 186 g/mol. The van der Waals surface area contributed by atoms with E-state index in [1.807, 2.05) is 0 Å². The number of hydrogen-bond acceptors (Lipinski definition) is 4. The van der Waals surface area contributed by atoms with E-state index in [1.54, 1.807) is 0 Å². The van der Waals surface area contributed by atoms with E-state index >= 15 is 0 Å². The first-order valence-corrected chi connectivity index (χ1v) is 3.33. The minimum absolute atomic E-state index is 0.0354. The zero-order chi connectivity index (χ0) is 9.84. The topological polar surface area (TPSA) is 62.7 Å². The molecule has 0 atom stereocenters. The number of ether oxygens (including phenoxy) is 1. The first-order valence-electron chi connectivity index (χ1n) is 3.33. The minimum atomic E-state index is -0.964. The third-order valence-corrected chi connectivity index (χ3v) is 1.30. The van der Waals surface area contributed by atoms with Crippen LogP contribution in [0.25, 0.3) is 0 Å². The summed E-state index contributed by atoms with van der Waals surface area (Å²) in [6, 6.07) is 2.21. The van der Waals surface area contributed by atoms with Crippen LogP contribution in [0.15, 0.2) is 18.3 Å². The molecular formula is C7H7FN2O3. The Balaban J connectivity index is 2.83. The lowest BCUT2D eigenvalue weighted by Crippen LogP contribution is -2.26. The molecule has 13 heavy (non-hydrogen) atoms. The van der Waals surface area contributed by atoms with Crippen LogP contribution in [0.2, 0.25) is 0 Å². The maximum Gasteiger partial charge on any atom is 0.438 e. The van der Waals surface area contributed by atoms with Crippen LogP contribution in [-0.2, 0) is 4.74 Å². The quantitative estimate of drug-likeness (QED) is 0.406. The van der Waals surface area contributed by atoms with Gasteiger partial charge in [-0.2, -0.15) is 9.45 Å². The zero-order valence-electron chi connectivity index (χ0n) is 6.77. The van der Waals surface area contributed by atoms with Crippen molar-refractivity contribution < 1.29 is 19.1 Å². The van der Waals surface area contributed by atoms with E-state index in [0.29, 0.717) is 0 Å². The standard InChI is InChI=1S/C7H7FN2O3/c1-13-7(11)10(12)5-2-3-6(8)9-4-5/h2-4,12H,1H3. The summed E-state index contributed by atoms with van der Waals surface area (Å²) in [5.74, 6) is -0.693. The number of methoxy groups -OCH3 is 1. The molecule has 0 aromatic carbocycles. The number of amides is 1. The van der Waals surface area contributed by atoms with E-state index in [4.69, 9.17) is 5.21 Å². The molecule has 6 heteroatoms. The van der Waals surface area contributed by atoms with Crippen LogP contribution in [0, 0.1) is 5.95 Å². The molecule has 1 rings (SSSR count). The second-order valence-electron chi connectivity index (χ2n) is 2.12. The zero-order valence-corrected chi connectivity index (χ0v) is 6.77. The lowest BCUT2D eigenvalue weighted by atomic mass is 10.4. The first-order chi connectivity index (χ1) is 6.15. The molecule has 0 aliphatic rings. The summed E-state index contributed by atoms with van der Waals surface area (Å²) in [6.07, 6.45) is 0.0418. The summed E-state index contributed by atoms with van der Waals surface area (Å²) in [4.78, 5) is 14.0. The van der Waals surface area contributed by atoms with E-state index in [2.05, 4.69) is 9.72 Å². The van der Waals surface area contributed by atoms with Gasteiger partial charge in [0.15, 0.2) is 0 Å². The van der Waals surface area contributed by atoms with Gasteiger partial charge in [0.2, 0.25) is 5.95 Å². The Bertz CT molecular complexity index is 301. The lowest BCUT2D eigenvalue weighted by Gasteiger charge is -2.11. The first kappa shape index (κ1) is 9.40. The molecule has 0 fully saturated rings. The lowest BCUT2D eigenvalue weighted by molar-refractivity contribution is 0.141. The average Bonchev–Trinajstić information content (AvgIpc) is 2.17. The summed E-state index contributed by atoms with van der Waals surface area (Å²) in [5, 5.41) is 9.30. The molecule has 1 aromatic heterocycles. The fourth-order valence-corrected chi connectivity index (χ4v) is 0.685. The molecule has 1 aromatic rings. The minimum Gasteiger partial charge on any atom is -0.451 e. The van der Waals surface area contributed by atoms with Gasteiger partial charge in [-0.1, -0.05) is 0 Å². The predicted octanol–water partition coefficient (Wildman–Crippen LogP) is 1.18. The molecule has 0 aliphatic carbocycles. The van der Waals surface area contributed by atoms with Gasteiger partial charge in [-0.05, 0) is 12.1 Å². The van der Waals surface area contributed by atoms with Gasteiger partial charge in [0, 0.05) is 0 Å². The average molecular weight is 186 g/mol. The van der Waals surface area contributed by atoms with Crippen molar-refractivity contribution in [1.82, 2.24) is 4.98 Å². The van der Waals surface area contributed by atoms with E-state index in [0.717, 1.165) is 19.4 Å². The maximum absolute atomic E-state index is 12.3. The van der Waals surface area contributed by atoms with Crippen molar-refractivity contribution in [2.45, 2.75) is 0 Å². The van der Waals surface area contributed by atoms with Crippen LogP contribution >= 0.6 is 0 Å². The summed E-state index contributed by atoms with van der Waals surface area (Å²) in [5.41, 5.74) is 0.0354. The number of anilines is 1. The van der Waals surface area contributed by atoms with Crippen molar-refractivity contribution in [2.75, 3.05) is 12.2 Å². The number of hydrogen-bond donors (Lipinski definition) is 1. The normalized spacial score (nSPS) is 9.46. The molecule has 1 heterocycles. The Kier molecular flexibility index (Phi) is 2.76. The molecular weight excluding hydrogens is 179 g/mol. The van der Waals surface area contributed by atoms with Crippen LogP contribution in [0.1, 0.15) is 0 Å². The van der Waals surface area contributed by atoms with Crippen LogP contribution < -0.4 is 5.06 Å². The van der Waals surface area contributed by atoms with Gasteiger partial charge in [-0.3, -0.25) is 5.21 Å². The van der Waals surface area contributed by atoms with E-state index in [1.165, 1.54) is 6.07 Å². The Morgan fingerprint density at radius 1 is 1.69 bits per heavy atom. The molecule has 0 unspecified atom stereocenters. The Labute approximate surface area is 73.3 Å². The smallest absolute Gasteiger partial charge is 0.438 e. The maximum atomic E-state index is 12.3. The number of halogens is 1. The number of carbonyl (C=O) groups is 1. The molecule has 0 saturated carbocycles. The van der Waals surface area contributed by atoms with E-state index in [9.17, 15) is 9.18 Å². The second-order valence-corrected chi connectivity index (χ2v) is 2.12. The molecule has 0 spiro atoms. The van der Waals surface area contributed by atoms with Gasteiger partial charge in [-0.25, -0.2) is 9.78 Å². The van der Waals surface area contributed by atoms with Crippen LogP contribution in [0.4, 0.5) is 14.9 Å². The summed E-state index contributed by atoms with van der Waals surface area (Å²) in [7, 11) is 1.11. The van der Waals surface area contributed by atoms with Gasteiger partial charge >= 0.3 is 6.09 Å². The van der Waals surface area contributed by atoms with E-state index < -0.39 is 12.0 Å². The number of hydroxylamine groups is 1. The Morgan fingerprint density at radius 3 is 2.85 bits per heavy atom. The molecule has 0 aliphatic heterocycles. The second kappa shape index (κ2) is 3.81. The highest BCUT2D eigenvalue weighted by Gasteiger charge is 2.12. The predicted molar refractivity (Wildman–Crippen MR) is 40.9 cm³/mol. The SMILES string of the molecule is COC(=O)N(O)c1ccc(F)nc1. The van der Waals surface area contributed by atoms with Crippen LogP contribution in [0.3, 0.4) is 0 Å². The Morgan fingerprint density at radius 2 is 2.38 bits per heavy atom. The molecule has 0 radical (unpaired) electrons. The number of nitrogens with zero attached hydrogens (tertiary/aromatic N) is 2. The highest BCUT2D eigenvalue weighted by Crippen LogP contribution is 2.10. The highest BCUT2D eigenvalue weighted by molar-refractivity contribution is 5.84. The molecule has 5 nitrogen and oxygen atoms in total. The summed E-state index contributed by atoms with van der Waals surface area (Å²) in [6.45, 7) is 0. The fraction of sp³-hybridized carbons (Fsp3) is 0.143. The van der Waals surface area contributed by atoms with Gasteiger partial charge in [-0.15, -0.1) is 0 Å². The van der Waals surface area contributed by atoms with Crippen molar-refractivity contribution in [1.29, 1.82) is 0 Å². The number of rotatable bonds is 1. The third kappa shape index (κ3) is 2.12. The van der Waals surface area contributed by atoms with Gasteiger partial charge in [0.05, 0.1) is 19.0 Å². The van der Waals surface area contributed by atoms with Crippen molar-refractivity contribution in [3.63, 3.8) is 0 Å².